The van der Waals surface area contributed by atoms with Crippen LogP contribution in [0, 0.1) is 0 Å². The molecule has 104 valence electrons. The Morgan fingerprint density at radius 3 is 2.74 bits per heavy atom. The number of piperazine rings is 1. The molecular weight excluding hydrogens is 265 g/mol. The van der Waals surface area contributed by atoms with E-state index in [1.54, 1.807) is 0 Å². The van der Waals surface area contributed by atoms with Gasteiger partial charge in [0, 0.05) is 19.2 Å². The molecule has 1 fully saturated rings. The molecule has 1 aliphatic heterocycles. The molecule has 0 spiro atoms. The van der Waals surface area contributed by atoms with E-state index < -0.39 is 12.0 Å². The van der Waals surface area contributed by atoms with Gasteiger partial charge in [0.2, 0.25) is 11.7 Å². The van der Waals surface area contributed by atoms with Crippen LogP contribution in [0.25, 0.3) is 0 Å². The maximum absolute atomic E-state index is 12.6. The Hall–Kier alpha value is -2.10. The maximum Gasteiger partial charge on any atom is 0.451 e. The van der Waals surface area contributed by atoms with Crippen LogP contribution in [-0.4, -0.2) is 35.5 Å². The van der Waals surface area contributed by atoms with Gasteiger partial charge in [0.1, 0.15) is 11.6 Å². The molecule has 4 N–H and O–H groups in total. The molecule has 2 heterocycles. The largest absolute Gasteiger partial charge is 0.451 e. The van der Waals surface area contributed by atoms with E-state index in [2.05, 4.69) is 20.7 Å². The fourth-order valence-corrected chi connectivity index (χ4v) is 1.63. The van der Waals surface area contributed by atoms with Crippen LogP contribution >= 0.6 is 0 Å². The first kappa shape index (κ1) is 13.3. The summed E-state index contributed by atoms with van der Waals surface area (Å²) in [5.74, 6) is 3.34. The molecule has 0 aromatic carbocycles. The van der Waals surface area contributed by atoms with Gasteiger partial charge in [-0.1, -0.05) is 0 Å². The number of carbonyl (C=O) groups is 1. The maximum atomic E-state index is 12.6. The Morgan fingerprint density at radius 1 is 1.42 bits per heavy atom. The molecule has 0 radical (unpaired) electrons. The van der Waals surface area contributed by atoms with Crippen molar-refractivity contribution < 1.29 is 18.0 Å². The van der Waals surface area contributed by atoms with Gasteiger partial charge in [-0.2, -0.15) is 13.2 Å². The molecule has 19 heavy (non-hydrogen) atoms. The summed E-state index contributed by atoms with van der Waals surface area (Å²) in [5, 5.41) is 2.57. The number of carbonyl (C=O) groups excluding carboxylic acids is 1. The Morgan fingerprint density at radius 2 is 2.16 bits per heavy atom. The Balaban J connectivity index is 2.36. The van der Waals surface area contributed by atoms with Crippen LogP contribution in [-0.2, 0) is 11.0 Å². The van der Waals surface area contributed by atoms with Crippen molar-refractivity contribution >= 4 is 17.5 Å². The zero-order valence-electron chi connectivity index (χ0n) is 9.66. The monoisotopic (exact) mass is 276 g/mol. The SMILES string of the molecule is NNc1cc(N2CCNC(=O)C2)nc(C(F)(F)F)n1. The van der Waals surface area contributed by atoms with Crippen LogP contribution in [0.4, 0.5) is 24.8 Å². The molecule has 0 aliphatic carbocycles. The first-order chi connectivity index (χ1) is 8.90. The van der Waals surface area contributed by atoms with Crippen molar-refractivity contribution in [3.8, 4) is 0 Å². The summed E-state index contributed by atoms with van der Waals surface area (Å²) in [7, 11) is 0. The highest BCUT2D eigenvalue weighted by Crippen LogP contribution is 2.29. The number of nitrogens with one attached hydrogen (secondary N) is 2. The third kappa shape index (κ3) is 3.02. The summed E-state index contributed by atoms with van der Waals surface area (Å²) in [6.07, 6.45) is -4.68. The van der Waals surface area contributed by atoms with Crippen LogP contribution in [0.2, 0.25) is 0 Å². The number of halogens is 3. The molecule has 0 atom stereocenters. The van der Waals surface area contributed by atoms with E-state index in [1.165, 1.54) is 11.0 Å². The first-order valence-corrected chi connectivity index (χ1v) is 5.34. The second-order valence-corrected chi connectivity index (χ2v) is 3.85. The van der Waals surface area contributed by atoms with Crippen molar-refractivity contribution in [3.63, 3.8) is 0 Å². The van der Waals surface area contributed by atoms with E-state index in [9.17, 15) is 18.0 Å². The molecule has 1 saturated heterocycles. The third-order valence-electron chi connectivity index (χ3n) is 2.48. The number of nitrogens with zero attached hydrogens (tertiary/aromatic N) is 3. The smallest absolute Gasteiger partial charge is 0.353 e. The van der Waals surface area contributed by atoms with E-state index in [0.717, 1.165) is 0 Å². The van der Waals surface area contributed by atoms with Gasteiger partial charge in [-0.05, 0) is 0 Å². The minimum atomic E-state index is -4.68. The van der Waals surface area contributed by atoms with Crippen molar-refractivity contribution in [1.29, 1.82) is 0 Å². The van der Waals surface area contributed by atoms with Crippen molar-refractivity contribution in [2.45, 2.75) is 6.18 Å². The van der Waals surface area contributed by atoms with Crippen LogP contribution in [0.15, 0.2) is 6.07 Å². The number of alkyl halides is 3. The number of rotatable bonds is 2. The summed E-state index contributed by atoms with van der Waals surface area (Å²) in [5.41, 5.74) is 2.05. The highest BCUT2D eigenvalue weighted by molar-refractivity contribution is 5.82. The molecule has 1 aromatic rings. The summed E-state index contributed by atoms with van der Waals surface area (Å²) in [6, 6.07) is 1.26. The van der Waals surface area contributed by atoms with Gasteiger partial charge in [0.25, 0.3) is 0 Å². The first-order valence-electron chi connectivity index (χ1n) is 5.34. The standard InChI is InChI=1S/C9H11F3N6O/c10-9(11,12)8-15-5(17-13)3-6(16-8)18-2-1-14-7(19)4-18/h3H,1-2,4,13H2,(H,14,19)(H,15,16,17). The molecule has 0 saturated carbocycles. The quantitative estimate of drug-likeness (QED) is 0.508. The topological polar surface area (TPSA) is 96.2 Å². The van der Waals surface area contributed by atoms with Crippen molar-refractivity contribution in [3.05, 3.63) is 11.9 Å². The van der Waals surface area contributed by atoms with Crippen molar-refractivity contribution in [2.75, 3.05) is 30.0 Å². The molecule has 7 nitrogen and oxygen atoms in total. The van der Waals surface area contributed by atoms with Gasteiger partial charge in [-0.3, -0.25) is 4.79 Å². The van der Waals surface area contributed by atoms with Crippen LogP contribution in [0.1, 0.15) is 5.82 Å². The van der Waals surface area contributed by atoms with Gasteiger partial charge in [0.05, 0.1) is 6.54 Å². The Kier molecular flexibility index (Phi) is 3.42. The summed E-state index contributed by atoms with van der Waals surface area (Å²) >= 11 is 0. The molecule has 0 unspecified atom stereocenters. The lowest BCUT2D eigenvalue weighted by molar-refractivity contribution is -0.144. The van der Waals surface area contributed by atoms with Gasteiger partial charge in [-0.15, -0.1) is 0 Å². The van der Waals surface area contributed by atoms with Crippen LogP contribution in [0.5, 0.6) is 0 Å². The molecule has 1 aromatic heterocycles. The van der Waals surface area contributed by atoms with E-state index in [0.29, 0.717) is 13.1 Å². The average Bonchev–Trinajstić information content (AvgIpc) is 2.37. The predicted molar refractivity (Wildman–Crippen MR) is 60.1 cm³/mol. The molecule has 2 rings (SSSR count). The number of hydrogen-bond acceptors (Lipinski definition) is 6. The average molecular weight is 276 g/mol. The van der Waals surface area contributed by atoms with E-state index >= 15 is 0 Å². The number of hydrogen-bond donors (Lipinski definition) is 3. The highest BCUT2D eigenvalue weighted by Gasteiger charge is 2.36. The summed E-state index contributed by atoms with van der Waals surface area (Å²) < 4.78 is 37.9. The summed E-state index contributed by atoms with van der Waals surface area (Å²) in [6.45, 7) is 0.651. The minimum absolute atomic E-state index is 0.00475. The number of aromatic nitrogens is 2. The van der Waals surface area contributed by atoms with Crippen LogP contribution < -0.4 is 21.5 Å². The zero-order chi connectivity index (χ0) is 14.0. The van der Waals surface area contributed by atoms with Gasteiger partial charge < -0.3 is 15.6 Å². The number of amides is 1. The number of nitrogen functional groups attached to an aromatic ring is 1. The molecule has 10 heteroatoms. The second-order valence-electron chi connectivity index (χ2n) is 3.85. The Labute approximate surface area is 106 Å². The molecular formula is C9H11F3N6O. The van der Waals surface area contributed by atoms with Crippen molar-refractivity contribution in [1.82, 2.24) is 15.3 Å². The van der Waals surface area contributed by atoms with Crippen molar-refractivity contribution in [2.24, 2.45) is 5.84 Å². The second kappa shape index (κ2) is 4.88. The van der Waals surface area contributed by atoms with Gasteiger partial charge in [-0.25, -0.2) is 15.8 Å². The molecule has 1 aliphatic rings. The predicted octanol–water partition coefficient (Wildman–Crippen LogP) is -0.283. The Bertz CT molecular complexity index is 491. The fraction of sp³-hybridized carbons (Fsp3) is 0.444. The molecule has 1 amide bonds. The normalized spacial score (nSPS) is 16.2. The zero-order valence-corrected chi connectivity index (χ0v) is 9.66. The van der Waals surface area contributed by atoms with E-state index in [-0.39, 0.29) is 24.1 Å². The van der Waals surface area contributed by atoms with Gasteiger partial charge >= 0.3 is 6.18 Å². The minimum Gasteiger partial charge on any atom is -0.353 e. The molecule has 0 bridgehead atoms. The number of hydrazine groups is 1. The lowest BCUT2D eigenvalue weighted by Gasteiger charge is -2.28. The number of anilines is 2. The summed E-state index contributed by atoms with van der Waals surface area (Å²) in [4.78, 5) is 19.3. The van der Waals surface area contributed by atoms with Gasteiger partial charge in [0.15, 0.2) is 0 Å². The lowest BCUT2D eigenvalue weighted by Crippen LogP contribution is -2.48. The lowest BCUT2D eigenvalue weighted by atomic mass is 10.3. The van der Waals surface area contributed by atoms with Crippen LogP contribution in [0.3, 0.4) is 0 Å². The highest BCUT2D eigenvalue weighted by atomic mass is 19.4. The van der Waals surface area contributed by atoms with E-state index in [4.69, 9.17) is 5.84 Å². The fourth-order valence-electron chi connectivity index (χ4n) is 1.63. The third-order valence-corrected chi connectivity index (χ3v) is 2.48. The number of nitrogens with two attached hydrogens (primary N) is 1. The van der Waals surface area contributed by atoms with E-state index in [1.807, 2.05) is 0 Å².